The minimum atomic E-state index is 0.265. The van der Waals surface area contributed by atoms with Crippen molar-refractivity contribution in [2.24, 2.45) is 5.92 Å². The first kappa shape index (κ1) is 14.4. The first-order valence-corrected chi connectivity index (χ1v) is 7.06. The van der Waals surface area contributed by atoms with Gasteiger partial charge in [0.05, 0.1) is 25.9 Å². The van der Waals surface area contributed by atoms with Gasteiger partial charge in [-0.15, -0.1) is 0 Å². The van der Waals surface area contributed by atoms with Gasteiger partial charge in [0.25, 0.3) is 0 Å². The van der Waals surface area contributed by atoms with Gasteiger partial charge in [-0.05, 0) is 38.3 Å². The Morgan fingerprint density at radius 2 is 1.95 bits per heavy atom. The van der Waals surface area contributed by atoms with Crippen LogP contribution in [0.5, 0.6) is 5.75 Å². The van der Waals surface area contributed by atoms with Gasteiger partial charge in [-0.3, -0.25) is 0 Å². The van der Waals surface area contributed by atoms with E-state index in [4.69, 9.17) is 14.2 Å². The minimum Gasteiger partial charge on any atom is -0.493 e. The molecule has 0 aliphatic carbocycles. The summed E-state index contributed by atoms with van der Waals surface area (Å²) in [6, 6.07) is 8.18. The minimum absolute atomic E-state index is 0.265. The largest absolute Gasteiger partial charge is 0.493 e. The van der Waals surface area contributed by atoms with E-state index >= 15 is 0 Å². The van der Waals surface area contributed by atoms with E-state index in [0.717, 1.165) is 32.0 Å². The van der Waals surface area contributed by atoms with Gasteiger partial charge in [0.2, 0.25) is 0 Å². The van der Waals surface area contributed by atoms with Gasteiger partial charge in [0.1, 0.15) is 11.9 Å². The molecule has 1 saturated heterocycles. The van der Waals surface area contributed by atoms with Gasteiger partial charge in [0, 0.05) is 0 Å². The average molecular weight is 264 g/mol. The second kappa shape index (κ2) is 6.92. The summed E-state index contributed by atoms with van der Waals surface area (Å²) in [4.78, 5) is 0. The lowest BCUT2D eigenvalue weighted by atomic mass is 10.1. The Kier molecular flexibility index (Phi) is 5.23. The second-order valence-electron chi connectivity index (χ2n) is 5.56. The van der Waals surface area contributed by atoms with Gasteiger partial charge < -0.3 is 14.2 Å². The fourth-order valence-electron chi connectivity index (χ4n) is 2.01. The van der Waals surface area contributed by atoms with E-state index in [1.807, 2.05) is 12.1 Å². The Morgan fingerprint density at radius 3 is 2.58 bits per heavy atom. The maximum Gasteiger partial charge on any atom is 0.119 e. The molecular weight excluding hydrogens is 240 g/mol. The summed E-state index contributed by atoms with van der Waals surface area (Å²) in [7, 11) is 0. The zero-order valence-corrected chi connectivity index (χ0v) is 12.1. The van der Waals surface area contributed by atoms with Crippen LogP contribution in [0.2, 0.25) is 0 Å². The van der Waals surface area contributed by atoms with Crippen LogP contribution in [0.3, 0.4) is 0 Å². The Morgan fingerprint density at radius 1 is 1.26 bits per heavy atom. The highest BCUT2D eigenvalue weighted by atomic mass is 16.6. The number of benzene rings is 1. The molecule has 1 fully saturated rings. The van der Waals surface area contributed by atoms with E-state index in [1.54, 1.807) is 0 Å². The molecule has 0 radical (unpaired) electrons. The van der Waals surface area contributed by atoms with Gasteiger partial charge in [-0.25, -0.2) is 0 Å². The molecule has 0 aromatic heterocycles. The zero-order valence-electron chi connectivity index (χ0n) is 12.1. The Hall–Kier alpha value is -1.06. The fourth-order valence-corrected chi connectivity index (χ4v) is 2.01. The summed E-state index contributed by atoms with van der Waals surface area (Å²) in [5, 5.41) is 0. The van der Waals surface area contributed by atoms with Gasteiger partial charge in [0.15, 0.2) is 0 Å². The van der Waals surface area contributed by atoms with Crippen LogP contribution in [0.25, 0.3) is 0 Å². The normalized spacial score (nSPS) is 20.9. The molecule has 19 heavy (non-hydrogen) atoms. The number of ether oxygens (including phenoxy) is 3. The molecule has 0 N–H and O–H groups in total. The monoisotopic (exact) mass is 264 g/mol. The molecule has 3 nitrogen and oxygen atoms in total. The van der Waals surface area contributed by atoms with Crippen molar-refractivity contribution in [3.8, 4) is 5.75 Å². The molecule has 3 atom stereocenters. The summed E-state index contributed by atoms with van der Waals surface area (Å²) in [6.07, 6.45) is 1.63. The lowest BCUT2D eigenvalue weighted by Gasteiger charge is -2.18. The molecule has 106 valence electrons. The standard InChI is InChI=1S/C16H24O3/c1-12-4-6-15(7-5-12)18-9-13(2)8-14(3)17-10-16-11-19-16/h4-7,13-14,16H,8-11H2,1-3H3. The lowest BCUT2D eigenvalue weighted by Crippen LogP contribution is -2.19. The van der Waals surface area contributed by atoms with Crippen LogP contribution in [0.1, 0.15) is 25.8 Å². The predicted molar refractivity (Wildman–Crippen MR) is 75.6 cm³/mol. The average Bonchev–Trinajstić information content (AvgIpc) is 3.20. The molecular formula is C16H24O3. The molecule has 3 heteroatoms. The molecule has 0 amide bonds. The lowest BCUT2D eigenvalue weighted by molar-refractivity contribution is 0.0354. The smallest absolute Gasteiger partial charge is 0.119 e. The van der Waals surface area contributed by atoms with Crippen LogP contribution in [0, 0.1) is 12.8 Å². The first-order valence-electron chi connectivity index (χ1n) is 7.06. The van der Waals surface area contributed by atoms with Crippen molar-refractivity contribution < 1.29 is 14.2 Å². The Labute approximate surface area is 115 Å². The van der Waals surface area contributed by atoms with Crippen LogP contribution in [0.15, 0.2) is 24.3 Å². The van der Waals surface area contributed by atoms with E-state index in [9.17, 15) is 0 Å². The molecule has 1 aromatic carbocycles. The van der Waals surface area contributed by atoms with Crippen molar-refractivity contribution in [2.75, 3.05) is 19.8 Å². The van der Waals surface area contributed by atoms with Crippen molar-refractivity contribution in [2.45, 2.75) is 39.4 Å². The summed E-state index contributed by atoms with van der Waals surface area (Å²) >= 11 is 0. The van der Waals surface area contributed by atoms with Gasteiger partial charge >= 0.3 is 0 Å². The zero-order chi connectivity index (χ0) is 13.7. The molecule has 1 heterocycles. The van der Waals surface area contributed by atoms with E-state index in [2.05, 4.69) is 32.9 Å². The van der Waals surface area contributed by atoms with Crippen LogP contribution in [0.4, 0.5) is 0 Å². The van der Waals surface area contributed by atoms with E-state index < -0.39 is 0 Å². The molecule has 1 aliphatic rings. The second-order valence-corrected chi connectivity index (χ2v) is 5.56. The number of rotatable bonds is 8. The topological polar surface area (TPSA) is 31.0 Å². The highest BCUT2D eigenvalue weighted by Crippen LogP contribution is 2.16. The summed E-state index contributed by atoms with van der Waals surface area (Å²) in [5.41, 5.74) is 1.25. The van der Waals surface area contributed by atoms with Crippen molar-refractivity contribution in [1.29, 1.82) is 0 Å². The SMILES string of the molecule is Cc1ccc(OCC(C)CC(C)OCC2CO2)cc1. The van der Waals surface area contributed by atoms with Crippen molar-refractivity contribution in [3.05, 3.63) is 29.8 Å². The van der Waals surface area contributed by atoms with Gasteiger partial charge in [-0.2, -0.15) is 0 Å². The summed E-state index contributed by atoms with van der Waals surface area (Å²) in [6.45, 7) is 8.71. The van der Waals surface area contributed by atoms with Crippen LogP contribution in [-0.4, -0.2) is 32.0 Å². The van der Waals surface area contributed by atoms with Crippen molar-refractivity contribution in [1.82, 2.24) is 0 Å². The third-order valence-electron chi connectivity index (χ3n) is 3.26. The van der Waals surface area contributed by atoms with Crippen LogP contribution < -0.4 is 4.74 Å². The summed E-state index contributed by atoms with van der Waals surface area (Å²) in [5.74, 6) is 1.42. The van der Waals surface area contributed by atoms with Crippen molar-refractivity contribution >= 4 is 0 Å². The van der Waals surface area contributed by atoms with Crippen LogP contribution >= 0.6 is 0 Å². The third-order valence-corrected chi connectivity index (χ3v) is 3.26. The highest BCUT2D eigenvalue weighted by molar-refractivity contribution is 5.26. The molecule has 0 spiro atoms. The predicted octanol–water partition coefficient (Wildman–Crippen LogP) is 3.20. The maximum atomic E-state index is 5.78. The quantitative estimate of drug-likeness (QED) is 0.676. The number of epoxide rings is 1. The molecule has 0 saturated carbocycles. The molecule has 3 unspecified atom stereocenters. The Bertz CT molecular complexity index is 370. The van der Waals surface area contributed by atoms with Crippen LogP contribution in [-0.2, 0) is 9.47 Å². The molecule has 1 aromatic rings. The van der Waals surface area contributed by atoms with E-state index in [0.29, 0.717) is 12.0 Å². The maximum absolute atomic E-state index is 5.78. The number of hydrogen-bond acceptors (Lipinski definition) is 3. The number of hydrogen-bond donors (Lipinski definition) is 0. The highest BCUT2D eigenvalue weighted by Gasteiger charge is 2.23. The summed E-state index contributed by atoms with van der Waals surface area (Å²) < 4.78 is 16.6. The third kappa shape index (κ3) is 5.62. The van der Waals surface area contributed by atoms with Crippen molar-refractivity contribution in [3.63, 3.8) is 0 Å². The van der Waals surface area contributed by atoms with Gasteiger partial charge in [-0.1, -0.05) is 24.6 Å². The van der Waals surface area contributed by atoms with E-state index in [1.165, 1.54) is 5.56 Å². The Balaban J connectivity index is 1.62. The molecule has 1 aliphatic heterocycles. The molecule has 0 bridgehead atoms. The first-order chi connectivity index (χ1) is 9.13. The molecule has 2 rings (SSSR count). The fraction of sp³-hybridized carbons (Fsp3) is 0.625. The number of aryl methyl sites for hydroxylation is 1. The van der Waals surface area contributed by atoms with E-state index in [-0.39, 0.29) is 6.10 Å².